The van der Waals surface area contributed by atoms with Gasteiger partial charge in [0.05, 0.1) is 6.26 Å². The molecular weight excluding hydrogens is 349 g/mol. The zero-order valence-corrected chi connectivity index (χ0v) is 14.4. The highest BCUT2D eigenvalue weighted by molar-refractivity contribution is 6.02. The number of urea groups is 1. The van der Waals surface area contributed by atoms with Crippen LogP contribution in [-0.2, 0) is 6.42 Å². The number of carbonyl (C=O) groups excluding carboxylic acids is 2. The summed E-state index contributed by atoms with van der Waals surface area (Å²) in [6, 6.07) is 15.8. The number of benzene rings is 2. The highest BCUT2D eigenvalue weighted by Crippen LogP contribution is 2.15. The number of furan rings is 1. The van der Waals surface area contributed by atoms with Gasteiger partial charge in [0.2, 0.25) is 0 Å². The Bertz CT molecular complexity index is 908. The van der Waals surface area contributed by atoms with Gasteiger partial charge in [-0.25, -0.2) is 9.18 Å². The summed E-state index contributed by atoms with van der Waals surface area (Å²) in [6.07, 6.45) is 1.96. The molecule has 0 aliphatic carbocycles. The van der Waals surface area contributed by atoms with Gasteiger partial charge >= 0.3 is 6.03 Å². The van der Waals surface area contributed by atoms with Gasteiger partial charge in [-0.2, -0.15) is 0 Å². The number of hydrogen-bond acceptors (Lipinski definition) is 3. The van der Waals surface area contributed by atoms with Gasteiger partial charge < -0.3 is 20.4 Å². The van der Waals surface area contributed by atoms with Gasteiger partial charge in [0.1, 0.15) is 5.82 Å². The van der Waals surface area contributed by atoms with Crippen LogP contribution < -0.4 is 16.0 Å². The van der Waals surface area contributed by atoms with Crippen LogP contribution in [0.2, 0.25) is 0 Å². The van der Waals surface area contributed by atoms with Gasteiger partial charge in [-0.05, 0) is 60.5 Å². The minimum absolute atomic E-state index is 0.217. The second-order valence-corrected chi connectivity index (χ2v) is 5.77. The molecule has 27 heavy (non-hydrogen) atoms. The Balaban J connectivity index is 1.44. The molecule has 0 saturated heterocycles. The Morgan fingerprint density at radius 3 is 2.33 bits per heavy atom. The van der Waals surface area contributed by atoms with E-state index >= 15 is 0 Å². The predicted molar refractivity (Wildman–Crippen MR) is 100 cm³/mol. The van der Waals surface area contributed by atoms with Crippen LogP contribution in [0.3, 0.4) is 0 Å². The maximum Gasteiger partial charge on any atom is 0.319 e. The van der Waals surface area contributed by atoms with E-state index in [0.29, 0.717) is 24.3 Å². The fourth-order valence-corrected chi connectivity index (χ4v) is 2.43. The highest BCUT2D eigenvalue weighted by atomic mass is 19.1. The zero-order chi connectivity index (χ0) is 19.1. The molecule has 0 radical (unpaired) electrons. The third kappa shape index (κ3) is 5.43. The van der Waals surface area contributed by atoms with Gasteiger partial charge in [0, 0.05) is 17.9 Å². The van der Waals surface area contributed by atoms with Gasteiger partial charge in [-0.3, -0.25) is 4.79 Å². The molecule has 7 heteroatoms. The summed E-state index contributed by atoms with van der Waals surface area (Å²) < 4.78 is 18.1. The average molecular weight is 367 g/mol. The molecule has 0 bridgehead atoms. The van der Waals surface area contributed by atoms with Crippen molar-refractivity contribution < 1.29 is 18.4 Å². The van der Waals surface area contributed by atoms with Crippen molar-refractivity contribution in [3.63, 3.8) is 0 Å². The highest BCUT2D eigenvalue weighted by Gasteiger charge is 2.08. The Hall–Kier alpha value is -3.61. The molecule has 6 nitrogen and oxygen atoms in total. The van der Waals surface area contributed by atoms with Crippen LogP contribution in [0.15, 0.2) is 71.3 Å². The lowest BCUT2D eigenvalue weighted by Crippen LogP contribution is -2.30. The third-order valence-electron chi connectivity index (χ3n) is 3.73. The molecule has 0 fully saturated rings. The Labute approximate surface area is 155 Å². The lowest BCUT2D eigenvalue weighted by molar-refractivity contribution is 0.0996. The first kappa shape index (κ1) is 18.2. The molecule has 0 spiro atoms. The molecule has 3 N–H and O–H groups in total. The van der Waals surface area contributed by atoms with Gasteiger partial charge in [-0.15, -0.1) is 0 Å². The van der Waals surface area contributed by atoms with E-state index in [2.05, 4.69) is 16.0 Å². The van der Waals surface area contributed by atoms with Crippen molar-refractivity contribution in [3.8, 4) is 0 Å². The van der Waals surface area contributed by atoms with Crippen LogP contribution in [-0.4, -0.2) is 18.5 Å². The fourth-order valence-electron chi connectivity index (χ4n) is 2.43. The molecule has 0 atom stereocenters. The van der Waals surface area contributed by atoms with E-state index in [1.807, 2.05) is 0 Å². The third-order valence-corrected chi connectivity index (χ3v) is 3.73. The average Bonchev–Trinajstić information content (AvgIpc) is 3.18. The molecule has 1 heterocycles. The summed E-state index contributed by atoms with van der Waals surface area (Å²) in [5.41, 5.74) is 1.97. The Kier molecular flexibility index (Phi) is 5.84. The van der Waals surface area contributed by atoms with Crippen LogP contribution in [0, 0.1) is 5.82 Å². The maximum atomic E-state index is 13.1. The standard InChI is InChI=1S/C20H18FN3O3/c21-15-4-1-3-14(13-15)10-11-22-20(26)24-17-8-6-16(7-9-17)23-19(25)18-5-2-12-27-18/h1-9,12-13H,10-11H2,(H,23,25)(H2,22,24,26). The molecule has 2 aromatic carbocycles. The molecule has 3 amide bonds. The van der Waals surface area contributed by atoms with Crippen molar-refractivity contribution >= 4 is 23.3 Å². The first-order valence-corrected chi connectivity index (χ1v) is 8.34. The van der Waals surface area contributed by atoms with E-state index in [1.54, 1.807) is 48.5 Å². The summed E-state index contributed by atoms with van der Waals surface area (Å²) in [4.78, 5) is 23.8. The molecule has 0 aliphatic heterocycles. The minimum Gasteiger partial charge on any atom is -0.459 e. The second-order valence-electron chi connectivity index (χ2n) is 5.77. The van der Waals surface area contributed by atoms with Crippen molar-refractivity contribution in [2.75, 3.05) is 17.2 Å². The van der Waals surface area contributed by atoms with E-state index in [-0.39, 0.29) is 23.5 Å². The predicted octanol–water partition coefficient (Wildman–Crippen LogP) is 4.04. The van der Waals surface area contributed by atoms with E-state index in [1.165, 1.54) is 18.4 Å². The molecule has 3 aromatic rings. The SMILES string of the molecule is O=C(NCCc1cccc(F)c1)Nc1ccc(NC(=O)c2ccco2)cc1. The van der Waals surface area contributed by atoms with E-state index in [0.717, 1.165) is 5.56 Å². The number of amides is 3. The lowest BCUT2D eigenvalue weighted by atomic mass is 10.1. The molecule has 3 rings (SSSR count). The number of carbonyl (C=O) groups is 2. The molecule has 0 aliphatic rings. The summed E-state index contributed by atoms with van der Waals surface area (Å²) >= 11 is 0. The molecule has 1 aromatic heterocycles. The Morgan fingerprint density at radius 2 is 1.67 bits per heavy atom. The van der Waals surface area contributed by atoms with E-state index in [9.17, 15) is 14.0 Å². The normalized spacial score (nSPS) is 10.3. The first-order valence-electron chi connectivity index (χ1n) is 8.34. The van der Waals surface area contributed by atoms with E-state index in [4.69, 9.17) is 4.42 Å². The van der Waals surface area contributed by atoms with Crippen molar-refractivity contribution in [2.45, 2.75) is 6.42 Å². The topological polar surface area (TPSA) is 83.4 Å². The fraction of sp³-hybridized carbons (Fsp3) is 0.100. The molecule has 0 saturated carbocycles. The quantitative estimate of drug-likeness (QED) is 0.615. The number of nitrogens with one attached hydrogen (secondary N) is 3. The second kappa shape index (κ2) is 8.66. The van der Waals surface area contributed by atoms with Gasteiger partial charge in [0.25, 0.3) is 5.91 Å². The summed E-state index contributed by atoms with van der Waals surface area (Å²) in [5, 5.41) is 8.09. The number of hydrogen-bond donors (Lipinski definition) is 3. The first-order chi connectivity index (χ1) is 13.1. The van der Waals surface area contributed by atoms with Crippen LogP contribution in [0.5, 0.6) is 0 Å². The van der Waals surface area contributed by atoms with Crippen molar-refractivity contribution in [3.05, 3.63) is 84.1 Å². The smallest absolute Gasteiger partial charge is 0.319 e. The van der Waals surface area contributed by atoms with Crippen LogP contribution in [0.4, 0.5) is 20.6 Å². The van der Waals surface area contributed by atoms with E-state index < -0.39 is 0 Å². The van der Waals surface area contributed by atoms with Crippen LogP contribution in [0.25, 0.3) is 0 Å². The minimum atomic E-state index is -0.362. The summed E-state index contributed by atoms with van der Waals surface area (Å²) in [6.45, 7) is 0.382. The molecular formula is C20H18FN3O3. The van der Waals surface area contributed by atoms with Crippen molar-refractivity contribution in [1.29, 1.82) is 0 Å². The lowest BCUT2D eigenvalue weighted by Gasteiger charge is -2.09. The van der Waals surface area contributed by atoms with Crippen LogP contribution >= 0.6 is 0 Å². The molecule has 138 valence electrons. The van der Waals surface area contributed by atoms with Gasteiger partial charge in [0.15, 0.2) is 5.76 Å². The molecule has 0 unspecified atom stereocenters. The maximum absolute atomic E-state index is 13.1. The number of halogens is 1. The largest absolute Gasteiger partial charge is 0.459 e. The van der Waals surface area contributed by atoms with Gasteiger partial charge in [-0.1, -0.05) is 12.1 Å². The number of anilines is 2. The summed E-state index contributed by atoms with van der Waals surface area (Å²) in [7, 11) is 0. The monoisotopic (exact) mass is 367 g/mol. The number of rotatable bonds is 6. The van der Waals surface area contributed by atoms with Crippen LogP contribution in [0.1, 0.15) is 16.1 Å². The van der Waals surface area contributed by atoms with Crippen molar-refractivity contribution in [2.24, 2.45) is 0 Å². The summed E-state index contributed by atoms with van der Waals surface area (Å²) in [5.74, 6) is -0.429. The Morgan fingerprint density at radius 1 is 0.926 bits per heavy atom. The zero-order valence-electron chi connectivity index (χ0n) is 14.4. The van der Waals surface area contributed by atoms with Crippen molar-refractivity contribution in [1.82, 2.24) is 5.32 Å².